The molecule has 0 radical (unpaired) electrons. The average Bonchev–Trinajstić information content (AvgIpc) is 2.30. The highest BCUT2D eigenvalue weighted by Gasteiger charge is 2.34. The van der Waals surface area contributed by atoms with E-state index in [-0.39, 0.29) is 5.82 Å². The first-order valence-corrected chi connectivity index (χ1v) is 5.02. The lowest BCUT2D eigenvalue weighted by atomic mass is 9.75. The molecule has 78 valence electrons. The molecule has 0 N–H and O–H groups in total. The van der Waals surface area contributed by atoms with Gasteiger partial charge >= 0.3 is 0 Å². The van der Waals surface area contributed by atoms with Gasteiger partial charge in [0.2, 0.25) is 0 Å². The van der Waals surface area contributed by atoms with Crippen molar-refractivity contribution in [1.29, 1.82) is 5.26 Å². The summed E-state index contributed by atoms with van der Waals surface area (Å²) in [5, 5.41) is 9.26. The molecule has 0 spiro atoms. The Morgan fingerprint density at radius 2 is 2.07 bits per heavy atom. The fourth-order valence-electron chi connectivity index (χ4n) is 1.97. The zero-order valence-electron chi connectivity index (χ0n) is 8.37. The van der Waals surface area contributed by atoms with Crippen LogP contribution in [0, 0.1) is 17.1 Å². The first-order chi connectivity index (χ1) is 7.27. The molecule has 2 nitrogen and oxygen atoms in total. The van der Waals surface area contributed by atoms with E-state index in [9.17, 15) is 9.65 Å². The van der Waals surface area contributed by atoms with Gasteiger partial charge in [0.25, 0.3) is 0 Å². The van der Waals surface area contributed by atoms with Crippen LogP contribution in [0.2, 0.25) is 0 Å². The van der Waals surface area contributed by atoms with E-state index in [0.29, 0.717) is 26.1 Å². The Hall–Kier alpha value is -1.40. The third-order valence-corrected chi connectivity index (χ3v) is 2.94. The van der Waals surface area contributed by atoms with Crippen molar-refractivity contribution in [2.75, 3.05) is 13.2 Å². The molecule has 0 aromatic heterocycles. The molecular weight excluding hydrogens is 193 g/mol. The minimum atomic E-state index is -0.555. The van der Waals surface area contributed by atoms with Crippen LogP contribution in [0.5, 0.6) is 0 Å². The number of ether oxygens (including phenoxy) is 1. The van der Waals surface area contributed by atoms with Crippen molar-refractivity contribution in [1.82, 2.24) is 0 Å². The molecule has 1 heterocycles. The molecule has 0 bridgehead atoms. The summed E-state index contributed by atoms with van der Waals surface area (Å²) in [6.45, 7) is 1.15. The second-order valence-electron chi connectivity index (χ2n) is 3.82. The van der Waals surface area contributed by atoms with Crippen molar-refractivity contribution in [3.63, 3.8) is 0 Å². The van der Waals surface area contributed by atoms with Crippen molar-refractivity contribution in [3.8, 4) is 6.07 Å². The van der Waals surface area contributed by atoms with Gasteiger partial charge in [0.15, 0.2) is 0 Å². The van der Waals surface area contributed by atoms with Crippen LogP contribution in [-0.4, -0.2) is 13.2 Å². The zero-order chi connectivity index (χ0) is 10.7. The number of nitrogens with zero attached hydrogens (tertiary/aromatic N) is 1. The van der Waals surface area contributed by atoms with Crippen molar-refractivity contribution in [2.45, 2.75) is 18.3 Å². The van der Waals surface area contributed by atoms with E-state index < -0.39 is 5.41 Å². The van der Waals surface area contributed by atoms with Crippen molar-refractivity contribution in [2.24, 2.45) is 0 Å². The predicted molar refractivity (Wildman–Crippen MR) is 53.7 cm³/mol. The number of hydrogen-bond donors (Lipinski definition) is 0. The van der Waals surface area contributed by atoms with Crippen molar-refractivity contribution >= 4 is 0 Å². The lowest BCUT2D eigenvalue weighted by Crippen LogP contribution is -2.32. The molecule has 2 rings (SSSR count). The van der Waals surface area contributed by atoms with Crippen molar-refractivity contribution < 1.29 is 9.13 Å². The lowest BCUT2D eigenvalue weighted by Gasteiger charge is -2.31. The van der Waals surface area contributed by atoms with Crippen LogP contribution in [0.25, 0.3) is 0 Å². The van der Waals surface area contributed by atoms with Crippen LogP contribution >= 0.6 is 0 Å². The first-order valence-electron chi connectivity index (χ1n) is 5.02. The van der Waals surface area contributed by atoms with Gasteiger partial charge in [-0.25, -0.2) is 4.39 Å². The highest BCUT2D eigenvalue weighted by atomic mass is 19.1. The Morgan fingerprint density at radius 3 is 2.67 bits per heavy atom. The van der Waals surface area contributed by atoms with Crippen molar-refractivity contribution in [3.05, 3.63) is 35.6 Å². The number of nitriles is 1. The van der Waals surface area contributed by atoms with Crippen LogP contribution < -0.4 is 0 Å². The Morgan fingerprint density at radius 1 is 1.33 bits per heavy atom. The summed E-state index contributed by atoms with van der Waals surface area (Å²) in [5.41, 5.74) is 0.216. The molecule has 0 atom stereocenters. The van der Waals surface area contributed by atoms with Gasteiger partial charge in [-0.3, -0.25) is 0 Å². The number of hydrogen-bond acceptors (Lipinski definition) is 2. The van der Waals surface area contributed by atoms with E-state index in [1.54, 1.807) is 6.07 Å². The summed E-state index contributed by atoms with van der Waals surface area (Å²) < 4.78 is 18.3. The predicted octanol–water partition coefficient (Wildman–Crippen LogP) is 2.40. The molecule has 0 saturated carbocycles. The van der Waals surface area contributed by atoms with E-state index >= 15 is 0 Å². The molecule has 15 heavy (non-hydrogen) atoms. The standard InChI is InChI=1S/C12H12FNO/c13-11-3-1-2-10(8-11)12(9-14)4-6-15-7-5-12/h1-3,8H,4-7H2. The maximum Gasteiger partial charge on any atom is 0.123 e. The molecular formula is C12H12FNO. The second-order valence-corrected chi connectivity index (χ2v) is 3.82. The quantitative estimate of drug-likeness (QED) is 0.705. The van der Waals surface area contributed by atoms with Crippen LogP contribution in [0.3, 0.4) is 0 Å². The van der Waals surface area contributed by atoms with Crippen LogP contribution in [0.4, 0.5) is 4.39 Å². The highest BCUT2D eigenvalue weighted by Crippen LogP contribution is 2.34. The van der Waals surface area contributed by atoms with Gasteiger partial charge in [-0.1, -0.05) is 12.1 Å². The van der Waals surface area contributed by atoms with Gasteiger partial charge in [0.1, 0.15) is 5.82 Å². The van der Waals surface area contributed by atoms with Crippen LogP contribution in [0.1, 0.15) is 18.4 Å². The molecule has 0 amide bonds. The number of halogens is 1. The SMILES string of the molecule is N#CC1(c2cccc(F)c2)CCOCC1. The van der Waals surface area contributed by atoms with E-state index in [0.717, 1.165) is 5.56 Å². The molecule has 1 fully saturated rings. The Bertz CT molecular complexity index is 391. The van der Waals surface area contributed by atoms with Gasteiger partial charge in [-0.2, -0.15) is 5.26 Å². The second kappa shape index (κ2) is 4.00. The average molecular weight is 205 g/mol. The molecule has 0 unspecified atom stereocenters. The molecule has 1 saturated heterocycles. The normalized spacial score (nSPS) is 19.5. The Balaban J connectivity index is 2.37. The summed E-state index contributed by atoms with van der Waals surface area (Å²) in [6, 6.07) is 8.63. The van der Waals surface area contributed by atoms with E-state index in [4.69, 9.17) is 4.74 Å². The van der Waals surface area contributed by atoms with Gasteiger partial charge < -0.3 is 4.74 Å². The molecule has 1 aromatic carbocycles. The fraction of sp³-hybridized carbons (Fsp3) is 0.417. The van der Waals surface area contributed by atoms with E-state index in [1.807, 2.05) is 6.07 Å². The van der Waals surface area contributed by atoms with E-state index in [1.165, 1.54) is 12.1 Å². The summed E-state index contributed by atoms with van der Waals surface area (Å²) in [6.07, 6.45) is 1.29. The molecule has 3 heteroatoms. The van der Waals surface area contributed by atoms with E-state index in [2.05, 4.69) is 6.07 Å². The summed E-state index contributed by atoms with van der Waals surface area (Å²) in [4.78, 5) is 0. The Labute approximate surface area is 88.3 Å². The smallest absolute Gasteiger partial charge is 0.123 e. The maximum atomic E-state index is 13.1. The largest absolute Gasteiger partial charge is 0.381 e. The van der Waals surface area contributed by atoms with Gasteiger partial charge in [-0.15, -0.1) is 0 Å². The third kappa shape index (κ3) is 1.86. The zero-order valence-corrected chi connectivity index (χ0v) is 8.37. The van der Waals surface area contributed by atoms with Crippen LogP contribution in [0.15, 0.2) is 24.3 Å². The molecule has 1 aliphatic rings. The summed E-state index contributed by atoms with van der Waals surface area (Å²) in [5.74, 6) is -0.284. The minimum Gasteiger partial charge on any atom is -0.381 e. The van der Waals surface area contributed by atoms with Gasteiger partial charge in [0.05, 0.1) is 11.5 Å². The van der Waals surface area contributed by atoms with Gasteiger partial charge in [-0.05, 0) is 30.5 Å². The first kappa shape index (κ1) is 10.1. The number of rotatable bonds is 1. The fourth-order valence-corrected chi connectivity index (χ4v) is 1.97. The molecule has 0 aliphatic carbocycles. The summed E-state index contributed by atoms with van der Waals surface area (Å²) >= 11 is 0. The number of benzene rings is 1. The minimum absolute atomic E-state index is 0.284. The molecule has 1 aliphatic heterocycles. The molecule has 1 aromatic rings. The lowest BCUT2D eigenvalue weighted by molar-refractivity contribution is 0.0674. The maximum absolute atomic E-state index is 13.1. The monoisotopic (exact) mass is 205 g/mol. The third-order valence-electron chi connectivity index (χ3n) is 2.94. The van der Waals surface area contributed by atoms with Gasteiger partial charge in [0, 0.05) is 13.2 Å². The highest BCUT2D eigenvalue weighted by molar-refractivity contribution is 5.33. The van der Waals surface area contributed by atoms with Crippen LogP contribution in [-0.2, 0) is 10.2 Å². The Kier molecular flexibility index (Phi) is 2.70. The topological polar surface area (TPSA) is 33.0 Å². The summed E-state index contributed by atoms with van der Waals surface area (Å²) in [7, 11) is 0.